The third-order valence-corrected chi connectivity index (χ3v) is 4.48. The van der Waals surface area contributed by atoms with Gasteiger partial charge in [0.05, 0.1) is 15.0 Å². The van der Waals surface area contributed by atoms with E-state index in [-0.39, 0.29) is 17.0 Å². The lowest BCUT2D eigenvalue weighted by Gasteiger charge is -2.10. The minimum absolute atomic E-state index is 0.0862. The molecule has 0 aliphatic carbocycles. The fourth-order valence-corrected chi connectivity index (χ4v) is 3.50. The van der Waals surface area contributed by atoms with E-state index in [1.807, 2.05) is 6.07 Å². The van der Waals surface area contributed by atoms with Crippen molar-refractivity contribution in [2.24, 2.45) is 0 Å². The van der Waals surface area contributed by atoms with Gasteiger partial charge in [-0.05, 0) is 34.1 Å². The standard InChI is InChI=1S/C16H8Br2N2O4/c17-12-8-13(18)15(14-11(12)5-2-6-19-14)24-16(21)9-3-1-4-10(7-9)20(22)23/h1-8H. The van der Waals surface area contributed by atoms with E-state index in [4.69, 9.17) is 4.74 Å². The van der Waals surface area contributed by atoms with E-state index in [0.717, 1.165) is 9.86 Å². The van der Waals surface area contributed by atoms with Crippen molar-refractivity contribution in [3.05, 3.63) is 73.3 Å². The van der Waals surface area contributed by atoms with Crippen molar-refractivity contribution in [1.29, 1.82) is 0 Å². The smallest absolute Gasteiger partial charge is 0.343 e. The summed E-state index contributed by atoms with van der Waals surface area (Å²) in [5.74, 6) is -0.445. The fourth-order valence-electron chi connectivity index (χ4n) is 2.14. The summed E-state index contributed by atoms with van der Waals surface area (Å²) in [7, 11) is 0. The predicted molar refractivity (Wildman–Crippen MR) is 95.2 cm³/mol. The molecule has 2 aromatic carbocycles. The number of fused-ring (bicyclic) bond motifs is 1. The van der Waals surface area contributed by atoms with Crippen LogP contribution in [0.2, 0.25) is 0 Å². The maximum Gasteiger partial charge on any atom is 0.343 e. The molecular weight excluding hydrogens is 444 g/mol. The normalized spacial score (nSPS) is 10.6. The van der Waals surface area contributed by atoms with E-state index in [1.165, 1.54) is 24.3 Å². The number of rotatable bonds is 3. The predicted octanol–water partition coefficient (Wildman–Crippen LogP) is 4.89. The zero-order valence-electron chi connectivity index (χ0n) is 11.9. The number of nitrogens with zero attached hydrogens (tertiary/aromatic N) is 2. The Bertz CT molecular complexity index is 975. The van der Waals surface area contributed by atoms with E-state index >= 15 is 0 Å². The van der Waals surface area contributed by atoms with Crippen LogP contribution in [0.4, 0.5) is 5.69 Å². The number of carbonyl (C=O) groups is 1. The Hall–Kier alpha value is -2.32. The molecule has 0 N–H and O–H groups in total. The molecule has 0 bridgehead atoms. The molecule has 3 aromatic rings. The van der Waals surface area contributed by atoms with Gasteiger partial charge in [-0.15, -0.1) is 0 Å². The van der Waals surface area contributed by atoms with Gasteiger partial charge in [-0.1, -0.05) is 28.1 Å². The van der Waals surface area contributed by atoms with Gasteiger partial charge in [0, 0.05) is 28.2 Å². The maximum absolute atomic E-state index is 12.4. The molecule has 0 aliphatic heterocycles. The summed E-state index contributed by atoms with van der Waals surface area (Å²) in [4.78, 5) is 26.9. The second-order valence-corrected chi connectivity index (χ2v) is 6.47. The highest BCUT2D eigenvalue weighted by molar-refractivity contribution is 9.11. The SMILES string of the molecule is O=C(Oc1c(Br)cc(Br)c2cccnc12)c1cccc([N+](=O)[O-])c1. The highest BCUT2D eigenvalue weighted by Crippen LogP contribution is 2.37. The van der Waals surface area contributed by atoms with Gasteiger partial charge in [0.2, 0.25) is 0 Å². The van der Waals surface area contributed by atoms with Gasteiger partial charge in [0.1, 0.15) is 5.52 Å². The largest absolute Gasteiger partial charge is 0.419 e. The van der Waals surface area contributed by atoms with Crippen LogP contribution in [0.1, 0.15) is 10.4 Å². The molecule has 0 unspecified atom stereocenters. The number of ether oxygens (including phenoxy) is 1. The van der Waals surface area contributed by atoms with Crippen LogP contribution in [-0.2, 0) is 0 Å². The Balaban J connectivity index is 2.03. The molecule has 1 aromatic heterocycles. The number of halogens is 2. The van der Waals surface area contributed by atoms with Crippen molar-refractivity contribution in [2.45, 2.75) is 0 Å². The van der Waals surface area contributed by atoms with Crippen molar-refractivity contribution in [3.8, 4) is 5.75 Å². The number of hydrogen-bond acceptors (Lipinski definition) is 5. The third kappa shape index (κ3) is 3.15. The molecule has 0 spiro atoms. The van der Waals surface area contributed by atoms with Gasteiger partial charge < -0.3 is 4.74 Å². The van der Waals surface area contributed by atoms with Gasteiger partial charge in [0.25, 0.3) is 5.69 Å². The minimum Gasteiger partial charge on any atom is -0.419 e. The van der Waals surface area contributed by atoms with Crippen molar-refractivity contribution in [3.63, 3.8) is 0 Å². The number of pyridine rings is 1. The van der Waals surface area contributed by atoms with Crippen LogP contribution in [0, 0.1) is 10.1 Å². The van der Waals surface area contributed by atoms with Crippen LogP contribution in [0.5, 0.6) is 5.75 Å². The Morgan fingerprint density at radius 1 is 1.12 bits per heavy atom. The van der Waals surface area contributed by atoms with Gasteiger partial charge in [-0.25, -0.2) is 4.79 Å². The number of non-ortho nitro benzene ring substituents is 1. The molecule has 0 radical (unpaired) electrons. The molecule has 8 heteroatoms. The van der Waals surface area contributed by atoms with Crippen molar-refractivity contribution in [2.75, 3.05) is 0 Å². The maximum atomic E-state index is 12.4. The molecule has 1 heterocycles. The molecular formula is C16H8Br2N2O4. The Kier molecular flexibility index (Phi) is 4.59. The molecule has 3 rings (SSSR count). The Morgan fingerprint density at radius 3 is 2.67 bits per heavy atom. The molecule has 0 amide bonds. The van der Waals surface area contributed by atoms with E-state index in [2.05, 4.69) is 36.8 Å². The monoisotopic (exact) mass is 450 g/mol. The highest BCUT2D eigenvalue weighted by Gasteiger charge is 2.18. The molecule has 0 saturated heterocycles. The fraction of sp³-hybridized carbons (Fsp3) is 0. The lowest BCUT2D eigenvalue weighted by atomic mass is 10.2. The molecule has 6 nitrogen and oxygen atoms in total. The first-order chi connectivity index (χ1) is 11.5. The second kappa shape index (κ2) is 6.66. The quantitative estimate of drug-likeness (QED) is 0.245. The van der Waals surface area contributed by atoms with Gasteiger partial charge in [-0.2, -0.15) is 0 Å². The topological polar surface area (TPSA) is 82.3 Å². The van der Waals surface area contributed by atoms with Crippen molar-refractivity contribution >= 4 is 54.4 Å². The van der Waals surface area contributed by atoms with Crippen LogP contribution in [-0.4, -0.2) is 15.9 Å². The zero-order chi connectivity index (χ0) is 17.3. The summed E-state index contributed by atoms with van der Waals surface area (Å²) in [6.07, 6.45) is 1.59. The molecule has 120 valence electrons. The first-order valence-corrected chi connectivity index (χ1v) is 8.25. The lowest BCUT2D eigenvalue weighted by Crippen LogP contribution is -2.10. The van der Waals surface area contributed by atoms with E-state index in [9.17, 15) is 14.9 Å². The second-order valence-electron chi connectivity index (χ2n) is 4.77. The molecule has 0 fully saturated rings. The Labute approximate surface area is 152 Å². The number of nitro benzene ring substituents is 1. The van der Waals surface area contributed by atoms with Crippen molar-refractivity contribution < 1.29 is 14.5 Å². The number of esters is 1. The number of nitro groups is 1. The summed E-state index contributed by atoms with van der Waals surface area (Å²) in [5.41, 5.74) is 0.405. The molecule has 0 aliphatic rings. The van der Waals surface area contributed by atoms with Crippen LogP contribution in [0.3, 0.4) is 0 Å². The first kappa shape index (κ1) is 16.5. The van der Waals surface area contributed by atoms with E-state index in [1.54, 1.807) is 18.3 Å². The first-order valence-electron chi connectivity index (χ1n) is 6.66. The molecule has 0 atom stereocenters. The average molecular weight is 452 g/mol. The number of carbonyl (C=O) groups excluding carboxylic acids is 1. The number of aromatic nitrogens is 1. The zero-order valence-corrected chi connectivity index (χ0v) is 15.1. The Morgan fingerprint density at radius 2 is 1.92 bits per heavy atom. The minimum atomic E-state index is -0.700. The van der Waals surface area contributed by atoms with Gasteiger partial charge in [-0.3, -0.25) is 15.1 Å². The summed E-state index contributed by atoms with van der Waals surface area (Å²) in [5, 5.41) is 11.6. The van der Waals surface area contributed by atoms with Crippen molar-refractivity contribution in [1.82, 2.24) is 4.98 Å². The van der Waals surface area contributed by atoms with E-state index in [0.29, 0.717) is 9.99 Å². The third-order valence-electron chi connectivity index (χ3n) is 3.24. The van der Waals surface area contributed by atoms with Crippen LogP contribution in [0.25, 0.3) is 10.9 Å². The average Bonchev–Trinajstić information content (AvgIpc) is 2.58. The number of hydrogen-bond donors (Lipinski definition) is 0. The highest BCUT2D eigenvalue weighted by atomic mass is 79.9. The summed E-state index contributed by atoms with van der Waals surface area (Å²) in [6.45, 7) is 0. The lowest BCUT2D eigenvalue weighted by molar-refractivity contribution is -0.384. The molecule has 24 heavy (non-hydrogen) atoms. The van der Waals surface area contributed by atoms with Crippen LogP contribution < -0.4 is 4.74 Å². The van der Waals surface area contributed by atoms with Crippen LogP contribution >= 0.6 is 31.9 Å². The summed E-state index contributed by atoms with van der Waals surface area (Å²) in [6, 6.07) is 10.7. The van der Waals surface area contributed by atoms with Crippen LogP contribution in [0.15, 0.2) is 57.6 Å². The van der Waals surface area contributed by atoms with Gasteiger partial charge in [0.15, 0.2) is 5.75 Å². The number of benzene rings is 2. The molecule has 0 saturated carbocycles. The van der Waals surface area contributed by atoms with E-state index < -0.39 is 10.9 Å². The van der Waals surface area contributed by atoms with Gasteiger partial charge >= 0.3 is 5.97 Å². The summed E-state index contributed by atoms with van der Waals surface area (Å²) >= 11 is 6.78. The summed E-state index contributed by atoms with van der Waals surface area (Å²) < 4.78 is 6.78.